The summed E-state index contributed by atoms with van der Waals surface area (Å²) < 4.78 is 26.8. The minimum Gasteiger partial charge on any atom is -0.497 e. The first-order chi connectivity index (χ1) is 13.0. The Hall–Kier alpha value is -3.09. The van der Waals surface area contributed by atoms with Gasteiger partial charge in [0.2, 0.25) is 5.75 Å². The van der Waals surface area contributed by atoms with E-state index in [4.69, 9.17) is 23.7 Å². The van der Waals surface area contributed by atoms with Crippen LogP contribution < -0.4 is 29.0 Å². The van der Waals surface area contributed by atoms with Gasteiger partial charge in [-0.2, -0.15) is 0 Å². The standard InChI is InChI=1S/C20H25NO6/c1-13(15-11-14(23-2)9-10-16(15)24-3)21-19(22)12-27-20-17(25-4)7-6-8-18(20)26-5/h6-11,13H,12H2,1-5H3,(H,21,22). The topological polar surface area (TPSA) is 75.3 Å². The van der Waals surface area contributed by atoms with Crippen LogP contribution in [0.15, 0.2) is 36.4 Å². The number of para-hydroxylation sites is 1. The number of hydrogen-bond donors (Lipinski definition) is 1. The van der Waals surface area contributed by atoms with Crippen molar-refractivity contribution >= 4 is 5.91 Å². The summed E-state index contributed by atoms with van der Waals surface area (Å²) >= 11 is 0. The largest absolute Gasteiger partial charge is 0.497 e. The highest BCUT2D eigenvalue weighted by Crippen LogP contribution is 2.36. The summed E-state index contributed by atoms with van der Waals surface area (Å²) in [6.07, 6.45) is 0. The van der Waals surface area contributed by atoms with Crippen molar-refractivity contribution in [3.63, 3.8) is 0 Å². The first-order valence-electron chi connectivity index (χ1n) is 8.39. The predicted octanol–water partition coefficient (Wildman–Crippen LogP) is 2.98. The van der Waals surface area contributed by atoms with Crippen LogP contribution in [-0.2, 0) is 4.79 Å². The van der Waals surface area contributed by atoms with E-state index in [1.54, 1.807) is 44.6 Å². The molecule has 0 saturated heterocycles. The average molecular weight is 375 g/mol. The lowest BCUT2D eigenvalue weighted by atomic mass is 10.1. The van der Waals surface area contributed by atoms with Gasteiger partial charge in [0.15, 0.2) is 18.1 Å². The minimum atomic E-state index is -0.300. The van der Waals surface area contributed by atoms with Crippen LogP contribution in [0.25, 0.3) is 0 Å². The maximum absolute atomic E-state index is 12.4. The number of carbonyl (C=O) groups excluding carboxylic acids is 1. The fourth-order valence-electron chi connectivity index (χ4n) is 2.64. The molecule has 0 spiro atoms. The monoisotopic (exact) mass is 375 g/mol. The quantitative estimate of drug-likeness (QED) is 0.726. The van der Waals surface area contributed by atoms with Crippen molar-refractivity contribution in [1.29, 1.82) is 0 Å². The van der Waals surface area contributed by atoms with E-state index in [2.05, 4.69) is 5.32 Å². The zero-order valence-electron chi connectivity index (χ0n) is 16.2. The van der Waals surface area contributed by atoms with Crippen LogP contribution in [0.1, 0.15) is 18.5 Å². The van der Waals surface area contributed by atoms with Crippen molar-refractivity contribution in [1.82, 2.24) is 5.32 Å². The molecule has 1 atom stereocenters. The van der Waals surface area contributed by atoms with E-state index in [9.17, 15) is 4.79 Å². The molecule has 2 rings (SSSR count). The highest BCUT2D eigenvalue weighted by Gasteiger charge is 2.17. The number of benzene rings is 2. The van der Waals surface area contributed by atoms with Crippen LogP contribution >= 0.6 is 0 Å². The molecule has 2 aromatic carbocycles. The molecule has 0 aromatic heterocycles. The van der Waals surface area contributed by atoms with Crippen LogP contribution in [0.2, 0.25) is 0 Å². The summed E-state index contributed by atoms with van der Waals surface area (Å²) in [7, 11) is 6.22. The number of ether oxygens (including phenoxy) is 5. The van der Waals surface area contributed by atoms with Crippen molar-refractivity contribution < 1.29 is 28.5 Å². The summed E-state index contributed by atoms with van der Waals surface area (Å²) in [4.78, 5) is 12.4. The molecule has 0 fully saturated rings. The zero-order valence-corrected chi connectivity index (χ0v) is 16.2. The highest BCUT2D eigenvalue weighted by atomic mass is 16.5. The molecule has 1 amide bonds. The van der Waals surface area contributed by atoms with Gasteiger partial charge < -0.3 is 29.0 Å². The number of carbonyl (C=O) groups is 1. The Kier molecular flexibility index (Phi) is 7.16. The lowest BCUT2D eigenvalue weighted by Gasteiger charge is -2.19. The van der Waals surface area contributed by atoms with Crippen molar-refractivity contribution in [3.8, 4) is 28.7 Å². The van der Waals surface area contributed by atoms with Crippen LogP contribution in [0.5, 0.6) is 28.7 Å². The summed E-state index contributed by atoms with van der Waals surface area (Å²) in [6, 6.07) is 10.4. The zero-order chi connectivity index (χ0) is 19.8. The van der Waals surface area contributed by atoms with Crippen LogP contribution in [0.4, 0.5) is 0 Å². The SMILES string of the molecule is COc1ccc(OC)c(C(C)NC(=O)COc2c(OC)cccc2OC)c1. The van der Waals surface area contributed by atoms with Gasteiger partial charge in [-0.3, -0.25) is 4.79 Å². The van der Waals surface area contributed by atoms with E-state index in [-0.39, 0.29) is 18.6 Å². The number of rotatable bonds is 9. The van der Waals surface area contributed by atoms with E-state index < -0.39 is 0 Å². The Morgan fingerprint density at radius 3 is 2.11 bits per heavy atom. The van der Waals surface area contributed by atoms with E-state index >= 15 is 0 Å². The Labute approximate surface area is 159 Å². The molecule has 7 heteroatoms. The maximum atomic E-state index is 12.4. The van der Waals surface area contributed by atoms with Gasteiger partial charge in [0, 0.05) is 5.56 Å². The molecule has 0 aliphatic carbocycles. The third kappa shape index (κ3) is 4.97. The van der Waals surface area contributed by atoms with Crippen LogP contribution in [-0.4, -0.2) is 41.0 Å². The molecule has 7 nitrogen and oxygen atoms in total. The van der Waals surface area contributed by atoms with E-state index in [1.165, 1.54) is 14.2 Å². The summed E-state index contributed by atoms with van der Waals surface area (Å²) in [5.74, 6) is 2.41. The second-order valence-corrected chi connectivity index (χ2v) is 5.68. The van der Waals surface area contributed by atoms with Gasteiger partial charge in [0.05, 0.1) is 34.5 Å². The van der Waals surface area contributed by atoms with Gasteiger partial charge in [-0.25, -0.2) is 0 Å². The van der Waals surface area contributed by atoms with Gasteiger partial charge in [0.25, 0.3) is 5.91 Å². The first-order valence-corrected chi connectivity index (χ1v) is 8.39. The molecule has 0 aliphatic rings. The molecule has 2 aromatic rings. The molecule has 0 heterocycles. The summed E-state index contributed by atoms with van der Waals surface area (Å²) in [5.41, 5.74) is 0.806. The maximum Gasteiger partial charge on any atom is 0.258 e. The number of amides is 1. The van der Waals surface area contributed by atoms with Crippen molar-refractivity contribution in [2.45, 2.75) is 13.0 Å². The third-order valence-electron chi connectivity index (χ3n) is 4.01. The number of hydrogen-bond acceptors (Lipinski definition) is 6. The molecule has 146 valence electrons. The number of nitrogens with one attached hydrogen (secondary N) is 1. The molecule has 1 N–H and O–H groups in total. The predicted molar refractivity (Wildman–Crippen MR) is 101 cm³/mol. The lowest BCUT2D eigenvalue weighted by Crippen LogP contribution is -2.31. The molecule has 1 unspecified atom stereocenters. The molecule has 0 saturated carbocycles. The Bertz CT molecular complexity index is 755. The molecule has 0 radical (unpaired) electrons. The second-order valence-electron chi connectivity index (χ2n) is 5.68. The van der Waals surface area contributed by atoms with Crippen molar-refractivity contribution in [2.75, 3.05) is 35.0 Å². The van der Waals surface area contributed by atoms with Crippen molar-refractivity contribution in [3.05, 3.63) is 42.0 Å². The summed E-state index contributed by atoms with van der Waals surface area (Å²) in [5, 5.41) is 2.89. The van der Waals surface area contributed by atoms with E-state index in [1.807, 2.05) is 13.0 Å². The minimum absolute atomic E-state index is 0.187. The molecular formula is C20H25NO6. The third-order valence-corrected chi connectivity index (χ3v) is 4.01. The highest BCUT2D eigenvalue weighted by molar-refractivity contribution is 5.78. The Morgan fingerprint density at radius 1 is 0.926 bits per heavy atom. The van der Waals surface area contributed by atoms with Gasteiger partial charge in [-0.05, 0) is 37.3 Å². The number of methoxy groups -OCH3 is 4. The van der Waals surface area contributed by atoms with E-state index in [0.717, 1.165) is 5.56 Å². The molecular weight excluding hydrogens is 350 g/mol. The first kappa shape index (κ1) is 20.2. The van der Waals surface area contributed by atoms with Gasteiger partial charge >= 0.3 is 0 Å². The van der Waals surface area contributed by atoms with Crippen LogP contribution in [0.3, 0.4) is 0 Å². The second kappa shape index (κ2) is 9.56. The van der Waals surface area contributed by atoms with Crippen LogP contribution in [0, 0.1) is 0 Å². The fourth-order valence-corrected chi connectivity index (χ4v) is 2.64. The Morgan fingerprint density at radius 2 is 1.56 bits per heavy atom. The fraction of sp³-hybridized carbons (Fsp3) is 0.350. The van der Waals surface area contributed by atoms with E-state index in [0.29, 0.717) is 28.7 Å². The molecule has 0 bridgehead atoms. The van der Waals surface area contributed by atoms with Gasteiger partial charge in [-0.1, -0.05) is 6.07 Å². The Balaban J connectivity index is 2.06. The van der Waals surface area contributed by atoms with Gasteiger partial charge in [0.1, 0.15) is 11.5 Å². The lowest BCUT2D eigenvalue weighted by molar-refractivity contribution is -0.123. The van der Waals surface area contributed by atoms with Gasteiger partial charge in [-0.15, -0.1) is 0 Å². The summed E-state index contributed by atoms with van der Waals surface area (Å²) in [6.45, 7) is 1.67. The normalized spacial score (nSPS) is 11.3. The molecule has 0 aliphatic heterocycles. The smallest absolute Gasteiger partial charge is 0.258 e. The average Bonchev–Trinajstić information content (AvgIpc) is 2.71. The molecule has 27 heavy (non-hydrogen) atoms. The van der Waals surface area contributed by atoms with Crippen molar-refractivity contribution in [2.24, 2.45) is 0 Å².